The van der Waals surface area contributed by atoms with Crippen molar-refractivity contribution in [3.8, 4) is 55.9 Å². The van der Waals surface area contributed by atoms with Crippen LogP contribution in [0.1, 0.15) is 0 Å². The van der Waals surface area contributed by atoms with Crippen molar-refractivity contribution in [2.75, 3.05) is 0 Å². The maximum atomic E-state index is 2.43. The Bertz CT molecular complexity index is 6250. The molecule has 0 spiro atoms. The number of hydrogen-bond donors (Lipinski definition) is 0. The molecule has 0 fully saturated rings. The van der Waals surface area contributed by atoms with Crippen molar-refractivity contribution in [2.24, 2.45) is 0 Å². The maximum Gasteiger partial charge on any atom is 0.0727 e. The minimum absolute atomic E-state index is 1.20. The summed E-state index contributed by atoms with van der Waals surface area (Å²) in [5.41, 5.74) is 17.4. The van der Waals surface area contributed by atoms with Crippen molar-refractivity contribution < 1.29 is 0 Å². The van der Waals surface area contributed by atoms with Crippen molar-refractivity contribution in [3.63, 3.8) is 0 Å². The summed E-state index contributed by atoms with van der Waals surface area (Å²) >= 11 is 7.56. The fourth-order valence-corrected chi connectivity index (χ4v) is 18.8. The molecule has 14 aromatic carbocycles. The summed E-state index contributed by atoms with van der Waals surface area (Å²) < 4.78 is 15.6. The molecule has 0 amide bonds. The Balaban J connectivity index is 0.000000130. The standard InChI is InChI=1S/2C42H25NS2/c1-2-10-32(11-3-1)43-37-13-7-6-12-34(37)42-41(43)36-23-30(19-21-38(36)45-42)26-14-16-27(17-15-26)31-18-20-33-35-22-28-8-4-5-9-29(28)24-40(35)44-39(33)25-31;1-2-9-31(10-3-1)43-36-13-7-6-12-33(36)42-41(43)35-24-29(20-22-37(35)45-42)26-14-16-27(17-15-26)30-18-21-34-39(25-30)44-38-23-19-28-8-4-5-11-32(28)40(34)38/h2*1-25H. The summed E-state index contributed by atoms with van der Waals surface area (Å²) in [6.45, 7) is 0. The lowest BCUT2D eigenvalue weighted by molar-refractivity contribution is 1.19. The van der Waals surface area contributed by atoms with Crippen LogP contribution in [0.4, 0.5) is 0 Å². The molecule has 0 atom stereocenters. The number of hydrogen-bond acceptors (Lipinski definition) is 4. The molecule has 2 nitrogen and oxygen atoms in total. The molecule has 0 unspecified atom stereocenters. The van der Waals surface area contributed by atoms with Gasteiger partial charge in [0.2, 0.25) is 0 Å². The van der Waals surface area contributed by atoms with Crippen LogP contribution in [0.15, 0.2) is 303 Å². The average molecular weight is 1220 g/mol. The SMILES string of the molecule is c1ccc(-n2c3ccccc3c3sc4ccc(-c5ccc(-c6ccc7c(c6)sc6cc8ccccc8cc67)cc5)cc4c32)cc1.c1ccc(-n2c3ccccc3c3sc4ccc(-c5ccc(-c6ccc7c(c6)sc6ccc8ccccc8c67)cc5)cc4c32)cc1. The third-order valence-electron chi connectivity index (χ3n) is 18.4. The molecule has 6 heterocycles. The van der Waals surface area contributed by atoms with E-state index in [2.05, 4.69) is 312 Å². The molecule has 6 aromatic heterocycles. The van der Waals surface area contributed by atoms with Gasteiger partial charge < -0.3 is 9.13 Å². The lowest BCUT2D eigenvalue weighted by atomic mass is 9.98. The van der Waals surface area contributed by atoms with E-state index < -0.39 is 0 Å². The monoisotopic (exact) mass is 1210 g/mol. The van der Waals surface area contributed by atoms with Crippen molar-refractivity contribution in [3.05, 3.63) is 303 Å². The van der Waals surface area contributed by atoms with Gasteiger partial charge >= 0.3 is 0 Å². The topological polar surface area (TPSA) is 9.86 Å². The van der Waals surface area contributed by atoms with Crippen LogP contribution in [-0.2, 0) is 0 Å². The summed E-state index contributed by atoms with van der Waals surface area (Å²) in [7, 11) is 0. The van der Waals surface area contributed by atoms with Gasteiger partial charge in [0, 0.05) is 82.7 Å². The number of thiophene rings is 4. The van der Waals surface area contributed by atoms with Crippen LogP contribution in [0.5, 0.6) is 0 Å². The molecular formula is C84H50N2S4. The lowest BCUT2D eigenvalue weighted by Gasteiger charge is -2.09. The van der Waals surface area contributed by atoms with Crippen molar-refractivity contribution in [2.45, 2.75) is 0 Å². The Labute approximate surface area is 533 Å². The molecule has 0 bridgehead atoms. The fourth-order valence-electron chi connectivity index (χ4n) is 14.1. The van der Waals surface area contributed by atoms with Crippen LogP contribution < -0.4 is 0 Å². The Hall–Kier alpha value is -10.4. The second kappa shape index (κ2) is 20.6. The maximum absolute atomic E-state index is 2.43. The fraction of sp³-hybridized carbons (Fsp3) is 0. The summed E-state index contributed by atoms with van der Waals surface area (Å²) in [5, 5.41) is 15.9. The third-order valence-corrected chi connectivity index (χ3v) is 23.0. The molecular weight excluding hydrogens is 1170 g/mol. The van der Waals surface area contributed by atoms with Gasteiger partial charge in [-0.25, -0.2) is 0 Å². The minimum Gasteiger partial charge on any atom is -0.308 e. The number of fused-ring (bicyclic) bond motifs is 19. The average Bonchev–Trinajstić information content (AvgIpc) is 1.67. The summed E-state index contributed by atoms with van der Waals surface area (Å²) in [6, 6.07) is 112. The van der Waals surface area contributed by atoms with Gasteiger partial charge in [-0.3, -0.25) is 0 Å². The molecule has 0 aliphatic rings. The van der Waals surface area contributed by atoms with Gasteiger partial charge in [-0.05, 0) is 157 Å². The number of rotatable bonds is 6. The van der Waals surface area contributed by atoms with Gasteiger partial charge in [-0.1, -0.05) is 212 Å². The van der Waals surface area contributed by atoms with Crippen LogP contribution in [0.2, 0.25) is 0 Å². The first-order chi connectivity index (χ1) is 44.6. The van der Waals surface area contributed by atoms with Gasteiger partial charge in [0.1, 0.15) is 0 Å². The predicted octanol–water partition coefficient (Wildman–Crippen LogP) is 25.7. The smallest absolute Gasteiger partial charge is 0.0727 e. The molecule has 0 saturated carbocycles. The molecule has 20 aromatic rings. The van der Waals surface area contributed by atoms with E-state index in [0.29, 0.717) is 0 Å². The molecule has 420 valence electrons. The molecule has 0 aliphatic carbocycles. The number of nitrogens with zero attached hydrogens (tertiary/aromatic N) is 2. The normalized spacial score (nSPS) is 12.0. The zero-order chi connectivity index (χ0) is 59.0. The van der Waals surface area contributed by atoms with Gasteiger partial charge in [-0.2, -0.15) is 0 Å². The predicted molar refractivity (Wildman–Crippen MR) is 395 cm³/mol. The molecule has 90 heavy (non-hydrogen) atoms. The van der Waals surface area contributed by atoms with E-state index in [0.717, 1.165) is 0 Å². The van der Waals surface area contributed by atoms with Crippen molar-refractivity contribution in [1.82, 2.24) is 9.13 Å². The minimum atomic E-state index is 1.20. The lowest BCUT2D eigenvalue weighted by Crippen LogP contribution is -1.92. The zero-order valence-electron chi connectivity index (χ0n) is 48.4. The van der Waals surface area contributed by atoms with Crippen LogP contribution in [0.25, 0.3) is 180 Å². The number of para-hydroxylation sites is 4. The summed E-state index contributed by atoms with van der Waals surface area (Å²) in [4.78, 5) is 0. The summed E-state index contributed by atoms with van der Waals surface area (Å²) in [6.07, 6.45) is 0. The van der Waals surface area contributed by atoms with E-state index in [9.17, 15) is 0 Å². The zero-order valence-corrected chi connectivity index (χ0v) is 51.7. The highest BCUT2D eigenvalue weighted by atomic mass is 32.1. The highest BCUT2D eigenvalue weighted by Gasteiger charge is 2.21. The Morgan fingerprint density at radius 2 is 0.589 bits per heavy atom. The first kappa shape index (κ1) is 51.6. The molecule has 6 heteroatoms. The van der Waals surface area contributed by atoms with E-state index in [1.165, 1.54) is 180 Å². The quantitative estimate of drug-likeness (QED) is 0.157. The first-order valence-electron chi connectivity index (χ1n) is 30.5. The van der Waals surface area contributed by atoms with Crippen molar-refractivity contribution in [1.29, 1.82) is 0 Å². The third kappa shape index (κ3) is 8.26. The van der Waals surface area contributed by atoms with E-state index in [4.69, 9.17) is 0 Å². The molecule has 0 radical (unpaired) electrons. The number of benzene rings is 14. The van der Waals surface area contributed by atoms with Crippen LogP contribution in [0.3, 0.4) is 0 Å². The second-order valence-corrected chi connectivity index (χ2v) is 27.8. The highest BCUT2D eigenvalue weighted by molar-refractivity contribution is 7.27. The van der Waals surface area contributed by atoms with Crippen molar-refractivity contribution >= 4 is 170 Å². The van der Waals surface area contributed by atoms with Crippen LogP contribution in [0, 0.1) is 0 Å². The van der Waals surface area contributed by atoms with E-state index in [1.807, 2.05) is 45.3 Å². The Morgan fingerprint density at radius 1 is 0.200 bits per heavy atom. The number of aromatic nitrogens is 2. The van der Waals surface area contributed by atoms with E-state index >= 15 is 0 Å². The molecule has 0 N–H and O–H groups in total. The summed E-state index contributed by atoms with van der Waals surface area (Å²) in [5.74, 6) is 0. The van der Waals surface area contributed by atoms with Gasteiger partial charge in [-0.15, -0.1) is 45.3 Å². The van der Waals surface area contributed by atoms with Gasteiger partial charge in [0.05, 0.1) is 31.5 Å². The Morgan fingerprint density at radius 3 is 1.13 bits per heavy atom. The van der Waals surface area contributed by atoms with Crippen LogP contribution in [-0.4, -0.2) is 9.13 Å². The second-order valence-electron chi connectivity index (χ2n) is 23.5. The van der Waals surface area contributed by atoms with E-state index in [-0.39, 0.29) is 0 Å². The van der Waals surface area contributed by atoms with E-state index in [1.54, 1.807) is 0 Å². The molecule has 0 saturated heterocycles. The highest BCUT2D eigenvalue weighted by Crippen LogP contribution is 2.47. The molecule has 0 aliphatic heterocycles. The Kier molecular flexibility index (Phi) is 11.8. The first-order valence-corrected chi connectivity index (χ1v) is 33.8. The van der Waals surface area contributed by atoms with Crippen LogP contribution >= 0.6 is 45.3 Å². The molecule has 20 rings (SSSR count). The largest absolute Gasteiger partial charge is 0.308 e. The van der Waals surface area contributed by atoms with Gasteiger partial charge in [0.25, 0.3) is 0 Å². The van der Waals surface area contributed by atoms with Gasteiger partial charge in [0.15, 0.2) is 0 Å².